The quantitative estimate of drug-likeness (QED) is 0.428. The van der Waals surface area contributed by atoms with Crippen LogP contribution in [-0.4, -0.2) is 52.7 Å². The number of hydrogen-bond donors (Lipinski definition) is 2. The summed E-state index contributed by atoms with van der Waals surface area (Å²) < 4.78 is 11.7. The predicted octanol–water partition coefficient (Wildman–Crippen LogP) is 4.19. The average molecular weight is 537 g/mol. The van der Waals surface area contributed by atoms with Gasteiger partial charge in [-0.05, 0) is 56.9 Å². The lowest BCUT2D eigenvalue weighted by Gasteiger charge is -2.48. The molecular formula is C27H29ClN6O4. The number of rotatable bonds is 7. The van der Waals surface area contributed by atoms with Crippen molar-refractivity contribution in [1.82, 2.24) is 20.5 Å². The maximum atomic E-state index is 12.4. The molecule has 1 saturated carbocycles. The number of imide groups is 1. The van der Waals surface area contributed by atoms with E-state index in [1.807, 2.05) is 31.2 Å². The smallest absolute Gasteiger partial charge is 0.316 e. The van der Waals surface area contributed by atoms with Gasteiger partial charge in [0.2, 0.25) is 11.8 Å². The second-order valence-electron chi connectivity index (χ2n) is 10.2. The number of piperidine rings is 1. The second-order valence-corrected chi connectivity index (χ2v) is 10.6. The molecule has 3 fully saturated rings. The van der Waals surface area contributed by atoms with E-state index in [0.29, 0.717) is 47.1 Å². The number of methoxy groups -OCH3 is 1. The molecule has 1 unspecified atom stereocenters. The number of hydrogen-bond acceptors (Lipinski definition) is 9. The van der Waals surface area contributed by atoms with Gasteiger partial charge in [-0.15, -0.1) is 5.10 Å². The summed E-state index contributed by atoms with van der Waals surface area (Å²) in [4.78, 5) is 30.8. The Hall–Kier alpha value is -3.66. The number of nitrogens with zero attached hydrogens (tertiary/aromatic N) is 4. The number of benzene rings is 1. The lowest BCUT2D eigenvalue weighted by atomic mass is 9.89. The van der Waals surface area contributed by atoms with Gasteiger partial charge < -0.3 is 19.4 Å². The van der Waals surface area contributed by atoms with Crippen LogP contribution in [0.3, 0.4) is 0 Å². The molecule has 38 heavy (non-hydrogen) atoms. The molecule has 198 valence electrons. The molecule has 2 saturated heterocycles. The van der Waals surface area contributed by atoms with E-state index in [4.69, 9.17) is 25.7 Å². The molecule has 3 aliphatic rings. The van der Waals surface area contributed by atoms with Crippen LogP contribution in [0.1, 0.15) is 61.4 Å². The Morgan fingerprint density at radius 1 is 1.16 bits per heavy atom. The Balaban J connectivity index is 1.16. The van der Waals surface area contributed by atoms with Crippen LogP contribution >= 0.6 is 11.6 Å². The minimum absolute atomic E-state index is 0.0700. The summed E-state index contributed by atoms with van der Waals surface area (Å²) >= 11 is 6.73. The molecule has 1 aromatic carbocycles. The summed E-state index contributed by atoms with van der Waals surface area (Å²) in [5, 5.41) is 14.7. The zero-order chi connectivity index (χ0) is 26.6. The lowest BCUT2D eigenvalue weighted by molar-refractivity contribution is -0.134. The van der Waals surface area contributed by atoms with Crippen molar-refractivity contribution in [3.05, 3.63) is 46.2 Å². The van der Waals surface area contributed by atoms with Crippen molar-refractivity contribution in [1.29, 1.82) is 0 Å². The first kappa shape index (κ1) is 24.7. The van der Waals surface area contributed by atoms with E-state index >= 15 is 0 Å². The first-order chi connectivity index (χ1) is 18.3. The highest BCUT2D eigenvalue weighted by molar-refractivity contribution is 6.33. The van der Waals surface area contributed by atoms with Crippen molar-refractivity contribution in [2.75, 3.05) is 23.9 Å². The minimum atomic E-state index is -0.484. The van der Waals surface area contributed by atoms with Gasteiger partial charge in [0.25, 0.3) is 5.89 Å². The number of aromatic nitrogens is 3. The molecular weight excluding hydrogens is 508 g/mol. The Bertz CT molecular complexity index is 1420. The van der Waals surface area contributed by atoms with Gasteiger partial charge in [-0.3, -0.25) is 19.9 Å². The van der Waals surface area contributed by atoms with Crippen molar-refractivity contribution < 1.29 is 18.7 Å². The topological polar surface area (TPSA) is 122 Å². The molecule has 3 aromatic rings. The van der Waals surface area contributed by atoms with Crippen LogP contribution < -0.4 is 20.3 Å². The third-order valence-electron chi connectivity index (χ3n) is 7.69. The van der Waals surface area contributed by atoms with Gasteiger partial charge in [0, 0.05) is 30.6 Å². The molecule has 0 spiro atoms. The van der Waals surface area contributed by atoms with Crippen LogP contribution in [0.2, 0.25) is 5.02 Å². The maximum Gasteiger partial charge on any atom is 0.316 e. The third kappa shape index (κ3) is 4.36. The Labute approximate surface area is 225 Å². The van der Waals surface area contributed by atoms with Crippen molar-refractivity contribution in [2.45, 2.75) is 63.5 Å². The summed E-state index contributed by atoms with van der Waals surface area (Å²) in [5.41, 5.74) is 4.42. The highest BCUT2D eigenvalue weighted by Gasteiger charge is 2.39. The number of ether oxygens (including phenoxy) is 1. The summed E-state index contributed by atoms with van der Waals surface area (Å²) in [6.45, 7) is 4.75. The number of carbonyl (C=O) groups excluding carboxylic acids is 2. The zero-order valence-electron chi connectivity index (χ0n) is 21.5. The van der Waals surface area contributed by atoms with Crippen LogP contribution in [0, 0.1) is 6.92 Å². The molecule has 11 heteroatoms. The Kier molecular flexibility index (Phi) is 6.22. The van der Waals surface area contributed by atoms with Crippen molar-refractivity contribution in [3.8, 4) is 17.2 Å². The van der Waals surface area contributed by atoms with Crippen molar-refractivity contribution in [2.24, 2.45) is 0 Å². The van der Waals surface area contributed by atoms with Crippen molar-refractivity contribution >= 4 is 35.1 Å². The standard InChI is InChI=1S/C27H29ClN6O4/c1-13-4-7-18(23(29-13)15-5-6-15)26-32-33-27(38-26)30-19-12-34(14(19)2)20-10-8-16(22(28)24(20)37-3)17-9-11-21(35)31-25(17)36/h4,7-8,10,14-15,17,19H,5-6,9,11-12H2,1-3H3,(H,30,33)(H,31,35,36)/t14-,17?,19+/m1/s1. The summed E-state index contributed by atoms with van der Waals surface area (Å²) in [5.74, 6) is 0.385. The number of pyridine rings is 1. The van der Waals surface area contributed by atoms with E-state index in [2.05, 4.69) is 32.7 Å². The normalized spacial score (nSPS) is 23.2. The van der Waals surface area contributed by atoms with E-state index in [1.54, 1.807) is 7.11 Å². The van der Waals surface area contributed by atoms with Gasteiger partial charge in [-0.1, -0.05) is 22.8 Å². The summed E-state index contributed by atoms with van der Waals surface area (Å²) in [7, 11) is 1.56. The van der Waals surface area contributed by atoms with Gasteiger partial charge in [-0.2, -0.15) is 0 Å². The molecule has 4 heterocycles. The van der Waals surface area contributed by atoms with Crippen LogP contribution in [0.15, 0.2) is 28.7 Å². The molecule has 2 aliphatic heterocycles. The molecule has 0 radical (unpaired) electrons. The van der Waals surface area contributed by atoms with E-state index in [9.17, 15) is 9.59 Å². The van der Waals surface area contributed by atoms with E-state index in [1.165, 1.54) is 0 Å². The number of halogens is 1. The molecule has 3 atom stereocenters. The largest absolute Gasteiger partial charge is 0.493 e. The molecule has 2 aromatic heterocycles. The molecule has 2 amide bonds. The summed E-state index contributed by atoms with van der Waals surface area (Å²) in [6.07, 6.45) is 2.99. The molecule has 6 rings (SSSR count). The Morgan fingerprint density at radius 2 is 1.97 bits per heavy atom. The van der Waals surface area contributed by atoms with Crippen molar-refractivity contribution in [3.63, 3.8) is 0 Å². The fourth-order valence-electron chi connectivity index (χ4n) is 5.31. The molecule has 0 bridgehead atoms. The second kappa shape index (κ2) is 9.58. The predicted molar refractivity (Wildman–Crippen MR) is 142 cm³/mol. The van der Waals surface area contributed by atoms with E-state index < -0.39 is 5.92 Å². The van der Waals surface area contributed by atoms with Crippen LogP contribution in [0.5, 0.6) is 5.75 Å². The third-order valence-corrected chi connectivity index (χ3v) is 8.08. The van der Waals surface area contributed by atoms with Gasteiger partial charge in [0.15, 0.2) is 5.75 Å². The molecule has 10 nitrogen and oxygen atoms in total. The molecule has 2 N–H and O–H groups in total. The fourth-order valence-corrected chi connectivity index (χ4v) is 5.68. The van der Waals surface area contributed by atoms with Gasteiger partial charge in [-0.25, -0.2) is 0 Å². The van der Waals surface area contributed by atoms with E-state index in [0.717, 1.165) is 35.5 Å². The Morgan fingerprint density at radius 3 is 2.68 bits per heavy atom. The minimum Gasteiger partial charge on any atom is -0.493 e. The number of nitrogens with one attached hydrogen (secondary N) is 2. The fraction of sp³-hybridized carbons (Fsp3) is 0.444. The number of anilines is 2. The highest BCUT2D eigenvalue weighted by Crippen LogP contribution is 2.45. The first-order valence-corrected chi connectivity index (χ1v) is 13.3. The van der Waals surface area contributed by atoms with Gasteiger partial charge in [0.05, 0.1) is 41.0 Å². The first-order valence-electron chi connectivity index (χ1n) is 12.9. The van der Waals surface area contributed by atoms with Crippen LogP contribution in [0.4, 0.5) is 11.7 Å². The summed E-state index contributed by atoms with van der Waals surface area (Å²) in [6, 6.07) is 8.28. The zero-order valence-corrected chi connectivity index (χ0v) is 22.2. The average Bonchev–Trinajstić information content (AvgIpc) is 3.64. The molecule has 1 aliphatic carbocycles. The van der Waals surface area contributed by atoms with Gasteiger partial charge in [0.1, 0.15) is 0 Å². The number of carbonyl (C=O) groups is 2. The van der Waals surface area contributed by atoms with Crippen LogP contribution in [0.25, 0.3) is 11.5 Å². The van der Waals surface area contributed by atoms with E-state index in [-0.39, 0.29) is 30.3 Å². The monoisotopic (exact) mass is 536 g/mol. The maximum absolute atomic E-state index is 12.4. The number of amides is 2. The van der Waals surface area contributed by atoms with Gasteiger partial charge >= 0.3 is 6.01 Å². The van der Waals surface area contributed by atoms with Crippen LogP contribution in [-0.2, 0) is 9.59 Å². The highest BCUT2D eigenvalue weighted by atomic mass is 35.5. The number of aryl methyl sites for hydroxylation is 1. The SMILES string of the molecule is COc1c(N2C[C@H](Nc3nnc(-c4ccc(C)nc4C4CC4)o3)[C@H]2C)ccc(C2CCC(=O)NC2=O)c1Cl. The lowest BCUT2D eigenvalue weighted by Crippen LogP contribution is -2.62.